The van der Waals surface area contributed by atoms with E-state index in [0.717, 1.165) is 0 Å². The van der Waals surface area contributed by atoms with Crippen LogP contribution in [0.25, 0.3) is 185 Å². The molecule has 0 atom stereocenters. The summed E-state index contributed by atoms with van der Waals surface area (Å²) in [5.41, 5.74) is 18.3. The highest BCUT2D eigenvalue weighted by Crippen LogP contribution is 2.59. The summed E-state index contributed by atoms with van der Waals surface area (Å²) in [7, 11) is 0. The van der Waals surface area contributed by atoms with E-state index >= 15 is 0 Å². The molecule has 88 heavy (non-hydrogen) atoms. The summed E-state index contributed by atoms with van der Waals surface area (Å²) in [6, 6.07) is 81.6. The Morgan fingerprint density at radius 3 is 1.07 bits per heavy atom. The molecule has 1 aliphatic carbocycles. The first-order valence-corrected chi connectivity index (χ1v) is 32.0. The van der Waals surface area contributed by atoms with Crippen LogP contribution in [0.2, 0.25) is 0 Å². The minimum Gasteiger partial charge on any atom is -0.0616 e. The first kappa shape index (κ1) is 51.8. The van der Waals surface area contributed by atoms with Crippen molar-refractivity contribution in [3.63, 3.8) is 0 Å². The summed E-state index contributed by atoms with van der Waals surface area (Å²) in [5, 5.41) is 32.0. The van der Waals surface area contributed by atoms with Crippen molar-refractivity contribution in [2.45, 2.75) is 105 Å². The second-order valence-electron chi connectivity index (χ2n) is 30.3. The fourth-order valence-electron chi connectivity index (χ4n) is 16.5. The molecular weight excluding hydrogens is 1060 g/mol. The van der Waals surface area contributed by atoms with E-state index in [1.807, 2.05) is 0 Å². The van der Waals surface area contributed by atoms with E-state index in [0.29, 0.717) is 0 Å². The third-order valence-corrected chi connectivity index (χ3v) is 20.9. The first-order valence-electron chi connectivity index (χ1n) is 32.0. The highest BCUT2D eigenvalue weighted by Gasteiger charge is 2.32. The van der Waals surface area contributed by atoms with Crippen LogP contribution in [0.4, 0.5) is 0 Å². The fourth-order valence-corrected chi connectivity index (χ4v) is 16.5. The standard InChI is InChI=1S/C88H70/c1-85(2,3)52-39-50(40-53(43-52)86(4,5)6)74-59-24-17-18-25-60(59)75(51-41-54(87(7,8)9)44-55(42-51)88(10,11)12)73-46-71-66-33-31-62-64-35-37-69-81-68(36-34-63(78(64)81)61-30-32-65(79(66)77(61)62)70(71)45-72(73)74)83-76(49-29-28-47-20-13-14-21-48(47)38-49)67-27-19-26-57-56-22-15-16-23-58(56)82(80(57)67)84(69)83/h13-46H,1-12H3. The fraction of sp³-hybridized carbons (Fsp3) is 0.182. The van der Waals surface area contributed by atoms with Crippen LogP contribution in [-0.2, 0) is 21.7 Å². The van der Waals surface area contributed by atoms with Gasteiger partial charge in [0, 0.05) is 0 Å². The average molecular weight is 1130 g/mol. The van der Waals surface area contributed by atoms with E-state index in [4.69, 9.17) is 0 Å². The molecule has 17 aromatic carbocycles. The SMILES string of the molecule is CC(C)(C)c1cc(-c2c3ccccc3c(-c3cc(C(C)(C)C)cc(C(C)(C)C)c3)c3cc4c(cc23)-c2ccc3c5ccc6c7c(-c8ccc9ccccc9c8)c8cccc9c%10ccccc%10c(c89)c7c7ccc(c8ccc-4c2c38)c5c67)cc(C(C)(C)C)c1. The van der Waals surface area contributed by atoms with Crippen LogP contribution in [0.3, 0.4) is 0 Å². The predicted octanol–water partition coefficient (Wildman–Crippen LogP) is 25.7. The zero-order valence-electron chi connectivity index (χ0n) is 52.6. The van der Waals surface area contributed by atoms with Gasteiger partial charge in [-0.15, -0.1) is 0 Å². The Morgan fingerprint density at radius 1 is 0.182 bits per heavy atom. The van der Waals surface area contributed by atoms with Crippen LogP contribution in [-0.4, -0.2) is 0 Å². The van der Waals surface area contributed by atoms with E-state index in [2.05, 4.69) is 289 Å². The van der Waals surface area contributed by atoms with Crippen molar-refractivity contribution in [1.82, 2.24) is 0 Å². The minimum atomic E-state index is -0.0483. The molecule has 422 valence electrons. The lowest BCUT2D eigenvalue weighted by atomic mass is 9.76. The summed E-state index contributed by atoms with van der Waals surface area (Å²) < 4.78 is 0. The minimum absolute atomic E-state index is 0.0483. The molecule has 0 spiro atoms. The molecule has 0 bridgehead atoms. The smallest absolute Gasteiger partial charge is 0.000696 e. The molecule has 0 aromatic heterocycles. The second-order valence-corrected chi connectivity index (χ2v) is 30.3. The van der Waals surface area contributed by atoms with Crippen molar-refractivity contribution in [1.29, 1.82) is 0 Å². The van der Waals surface area contributed by atoms with E-state index in [-0.39, 0.29) is 21.7 Å². The molecule has 0 aliphatic heterocycles. The maximum atomic E-state index is 2.62. The molecule has 0 fully saturated rings. The Morgan fingerprint density at radius 2 is 0.545 bits per heavy atom. The first-order chi connectivity index (χ1) is 42.2. The van der Waals surface area contributed by atoms with E-state index in [9.17, 15) is 0 Å². The summed E-state index contributed by atoms with van der Waals surface area (Å²) in [5.74, 6) is 0. The lowest BCUT2D eigenvalue weighted by Gasteiger charge is -2.28. The number of hydrogen-bond donors (Lipinski definition) is 0. The van der Waals surface area contributed by atoms with Gasteiger partial charge in [0.15, 0.2) is 0 Å². The lowest BCUT2D eigenvalue weighted by molar-refractivity contribution is 0.568. The summed E-state index contributed by atoms with van der Waals surface area (Å²) >= 11 is 0. The molecule has 0 saturated carbocycles. The van der Waals surface area contributed by atoms with Gasteiger partial charge in [-0.1, -0.05) is 271 Å². The second kappa shape index (κ2) is 17.2. The maximum absolute atomic E-state index is 2.62. The summed E-state index contributed by atoms with van der Waals surface area (Å²) in [4.78, 5) is 0. The third-order valence-electron chi connectivity index (χ3n) is 20.9. The highest BCUT2D eigenvalue weighted by molar-refractivity contribution is 6.51. The maximum Gasteiger partial charge on any atom is -0.000696 e. The Kier molecular flexibility index (Phi) is 10.2. The highest BCUT2D eigenvalue weighted by atomic mass is 14.4. The number of benzene rings is 15. The predicted molar refractivity (Wildman–Crippen MR) is 386 cm³/mol. The topological polar surface area (TPSA) is 0 Å². The monoisotopic (exact) mass is 1130 g/mol. The van der Waals surface area contributed by atoms with Crippen LogP contribution in [0.1, 0.15) is 105 Å². The van der Waals surface area contributed by atoms with Crippen LogP contribution >= 0.6 is 0 Å². The van der Waals surface area contributed by atoms with Crippen molar-refractivity contribution in [3.8, 4) is 55.6 Å². The Labute approximate surface area is 515 Å². The van der Waals surface area contributed by atoms with Crippen LogP contribution in [0.5, 0.6) is 0 Å². The van der Waals surface area contributed by atoms with Gasteiger partial charge < -0.3 is 0 Å². The van der Waals surface area contributed by atoms with Crippen LogP contribution in [0, 0.1) is 0 Å². The Balaban J connectivity index is 0.949. The molecule has 0 nitrogen and oxygen atoms in total. The van der Waals surface area contributed by atoms with Crippen molar-refractivity contribution >= 4 is 129 Å². The molecule has 0 N–H and O–H groups in total. The zero-order chi connectivity index (χ0) is 60.0. The van der Waals surface area contributed by atoms with E-state index < -0.39 is 0 Å². The molecule has 0 saturated heterocycles. The van der Waals surface area contributed by atoms with Crippen molar-refractivity contribution in [2.75, 3.05) is 0 Å². The van der Waals surface area contributed by atoms with Gasteiger partial charge in [0.1, 0.15) is 0 Å². The van der Waals surface area contributed by atoms with Crippen molar-refractivity contribution in [2.24, 2.45) is 0 Å². The van der Waals surface area contributed by atoms with Crippen molar-refractivity contribution < 1.29 is 0 Å². The van der Waals surface area contributed by atoms with E-state index in [1.165, 1.54) is 207 Å². The van der Waals surface area contributed by atoms with Crippen molar-refractivity contribution in [3.05, 3.63) is 229 Å². The summed E-state index contributed by atoms with van der Waals surface area (Å²) in [6.07, 6.45) is 0. The molecule has 18 rings (SSSR count). The van der Waals surface area contributed by atoms with Gasteiger partial charge in [0.05, 0.1) is 0 Å². The average Bonchev–Trinajstić information content (AvgIpc) is 1.48. The quantitative estimate of drug-likeness (QED) is 0.122. The third kappa shape index (κ3) is 6.98. The molecule has 0 unspecified atom stereocenters. The van der Waals surface area contributed by atoms with Gasteiger partial charge in [-0.3, -0.25) is 0 Å². The number of hydrogen-bond acceptors (Lipinski definition) is 0. The van der Waals surface area contributed by atoms with Gasteiger partial charge >= 0.3 is 0 Å². The Hall–Kier alpha value is -9.36. The molecule has 1 aliphatic rings. The molecule has 0 heteroatoms. The molecule has 0 amide bonds. The molecule has 17 aromatic rings. The molecular formula is C88H70. The normalized spacial score (nSPS) is 13.5. The lowest BCUT2D eigenvalue weighted by Crippen LogP contribution is -2.16. The van der Waals surface area contributed by atoms with E-state index in [1.54, 1.807) is 0 Å². The zero-order valence-corrected chi connectivity index (χ0v) is 52.6. The summed E-state index contributed by atoms with van der Waals surface area (Å²) in [6.45, 7) is 28.4. The Bertz CT molecular complexity index is 5670. The number of rotatable bonds is 3. The molecule has 0 radical (unpaired) electrons. The van der Waals surface area contributed by atoms with Crippen LogP contribution in [0.15, 0.2) is 206 Å². The largest absolute Gasteiger partial charge is 0.0616 e. The van der Waals surface area contributed by atoms with Gasteiger partial charge in [0.25, 0.3) is 0 Å². The van der Waals surface area contributed by atoms with Gasteiger partial charge in [-0.2, -0.15) is 0 Å². The van der Waals surface area contributed by atoms with Gasteiger partial charge in [0.2, 0.25) is 0 Å². The number of fused-ring (bicyclic) bond motifs is 15. The van der Waals surface area contributed by atoms with Crippen LogP contribution < -0.4 is 0 Å². The van der Waals surface area contributed by atoms with Gasteiger partial charge in [-0.05, 0) is 247 Å². The van der Waals surface area contributed by atoms with Gasteiger partial charge in [-0.25, -0.2) is 0 Å². The molecule has 0 heterocycles.